The SMILES string of the molecule is CNC(CS(=O)c1cccc(Cl)c1)C(C)(C)C. The average molecular weight is 274 g/mol. The van der Waals surface area contributed by atoms with E-state index < -0.39 is 10.8 Å². The van der Waals surface area contributed by atoms with Crippen molar-refractivity contribution in [2.24, 2.45) is 5.41 Å². The van der Waals surface area contributed by atoms with Gasteiger partial charge in [0.1, 0.15) is 0 Å². The Bertz CT molecular complexity index is 401. The Kier molecular flexibility index (Phi) is 5.17. The van der Waals surface area contributed by atoms with Crippen molar-refractivity contribution in [2.75, 3.05) is 12.8 Å². The number of halogens is 1. The van der Waals surface area contributed by atoms with Crippen molar-refractivity contribution in [3.05, 3.63) is 29.3 Å². The van der Waals surface area contributed by atoms with E-state index in [-0.39, 0.29) is 11.5 Å². The van der Waals surface area contributed by atoms with Crippen LogP contribution < -0.4 is 5.32 Å². The standard InChI is InChI=1S/C13H20ClNOS/c1-13(2,3)12(15-4)9-17(16)11-7-5-6-10(14)8-11/h5-8,12,15H,9H2,1-4H3. The summed E-state index contributed by atoms with van der Waals surface area (Å²) in [7, 11) is 0.891. The zero-order chi connectivity index (χ0) is 13.1. The van der Waals surface area contributed by atoms with Crippen LogP contribution in [0, 0.1) is 5.41 Å². The third-order valence-electron chi connectivity index (χ3n) is 2.77. The van der Waals surface area contributed by atoms with Gasteiger partial charge in [0, 0.05) is 21.7 Å². The highest BCUT2D eigenvalue weighted by Gasteiger charge is 2.25. The quantitative estimate of drug-likeness (QED) is 0.913. The van der Waals surface area contributed by atoms with Crippen LogP contribution in [0.4, 0.5) is 0 Å². The summed E-state index contributed by atoms with van der Waals surface area (Å²) in [5, 5.41) is 3.86. The Morgan fingerprint density at radius 1 is 1.41 bits per heavy atom. The Morgan fingerprint density at radius 3 is 2.53 bits per heavy atom. The molecule has 0 saturated carbocycles. The van der Waals surface area contributed by atoms with Gasteiger partial charge in [0.25, 0.3) is 0 Å². The minimum atomic E-state index is -1.02. The summed E-state index contributed by atoms with van der Waals surface area (Å²) < 4.78 is 12.2. The van der Waals surface area contributed by atoms with Gasteiger partial charge in [0.15, 0.2) is 0 Å². The molecular weight excluding hydrogens is 254 g/mol. The molecule has 0 fully saturated rings. The van der Waals surface area contributed by atoms with Crippen molar-refractivity contribution >= 4 is 22.4 Å². The van der Waals surface area contributed by atoms with Crippen LogP contribution in [-0.4, -0.2) is 23.1 Å². The minimum absolute atomic E-state index is 0.0863. The minimum Gasteiger partial charge on any atom is -0.316 e. The predicted octanol–water partition coefficient (Wildman–Crippen LogP) is 3.08. The van der Waals surface area contributed by atoms with E-state index in [2.05, 4.69) is 26.1 Å². The molecule has 0 aromatic heterocycles. The van der Waals surface area contributed by atoms with E-state index in [4.69, 9.17) is 11.6 Å². The average Bonchev–Trinajstić information content (AvgIpc) is 2.23. The van der Waals surface area contributed by atoms with Crippen LogP contribution in [0.15, 0.2) is 29.2 Å². The fourth-order valence-electron chi connectivity index (χ4n) is 1.62. The van der Waals surface area contributed by atoms with Gasteiger partial charge < -0.3 is 5.32 Å². The number of rotatable bonds is 4. The Labute approximate surface area is 111 Å². The van der Waals surface area contributed by atoms with Gasteiger partial charge in [-0.25, -0.2) is 0 Å². The van der Waals surface area contributed by atoms with Gasteiger partial charge in [0.05, 0.1) is 10.8 Å². The fraction of sp³-hybridized carbons (Fsp3) is 0.538. The lowest BCUT2D eigenvalue weighted by Gasteiger charge is -2.30. The Balaban J connectivity index is 2.78. The van der Waals surface area contributed by atoms with Crippen LogP contribution in [0.25, 0.3) is 0 Å². The summed E-state index contributed by atoms with van der Waals surface area (Å²) in [6.07, 6.45) is 0. The number of benzene rings is 1. The maximum Gasteiger partial charge on any atom is 0.0546 e. The van der Waals surface area contributed by atoms with E-state index >= 15 is 0 Å². The number of hydrogen-bond donors (Lipinski definition) is 1. The second-order valence-corrected chi connectivity index (χ2v) is 7.11. The molecular formula is C13H20ClNOS. The number of hydrogen-bond acceptors (Lipinski definition) is 2. The molecule has 0 aliphatic carbocycles. The Morgan fingerprint density at radius 2 is 2.06 bits per heavy atom. The monoisotopic (exact) mass is 273 g/mol. The topological polar surface area (TPSA) is 29.1 Å². The molecule has 1 N–H and O–H groups in total. The molecule has 96 valence electrons. The maximum atomic E-state index is 12.2. The lowest BCUT2D eigenvalue weighted by Crippen LogP contribution is -2.42. The van der Waals surface area contributed by atoms with Gasteiger partial charge in [0.2, 0.25) is 0 Å². The first-order chi connectivity index (χ1) is 7.84. The molecule has 0 saturated heterocycles. The van der Waals surface area contributed by atoms with Crippen molar-refractivity contribution < 1.29 is 4.21 Å². The zero-order valence-corrected chi connectivity index (χ0v) is 12.4. The van der Waals surface area contributed by atoms with Crippen LogP contribution in [0.1, 0.15) is 20.8 Å². The molecule has 1 aromatic carbocycles. The summed E-state index contributed by atoms with van der Waals surface area (Å²) >= 11 is 5.90. The first-order valence-corrected chi connectivity index (χ1v) is 7.35. The molecule has 2 nitrogen and oxygen atoms in total. The molecule has 0 spiro atoms. The molecule has 0 amide bonds. The van der Waals surface area contributed by atoms with E-state index in [0.717, 1.165) is 4.90 Å². The first-order valence-electron chi connectivity index (χ1n) is 5.66. The van der Waals surface area contributed by atoms with Crippen molar-refractivity contribution in [1.29, 1.82) is 0 Å². The zero-order valence-electron chi connectivity index (χ0n) is 10.8. The fourth-order valence-corrected chi connectivity index (χ4v) is 3.53. The molecule has 0 heterocycles. The second-order valence-electron chi connectivity index (χ2n) is 5.18. The predicted molar refractivity (Wildman–Crippen MR) is 75.0 cm³/mol. The molecule has 0 aliphatic rings. The molecule has 1 aromatic rings. The van der Waals surface area contributed by atoms with Crippen molar-refractivity contribution in [1.82, 2.24) is 5.32 Å². The summed E-state index contributed by atoms with van der Waals surface area (Å²) in [5.41, 5.74) is 0.0863. The van der Waals surface area contributed by atoms with E-state index in [9.17, 15) is 4.21 Å². The smallest absolute Gasteiger partial charge is 0.0546 e. The molecule has 4 heteroatoms. The molecule has 2 atom stereocenters. The van der Waals surface area contributed by atoms with Gasteiger partial charge in [-0.1, -0.05) is 38.4 Å². The maximum absolute atomic E-state index is 12.2. The summed E-state index contributed by atoms with van der Waals surface area (Å²) in [6.45, 7) is 6.43. The molecule has 1 rings (SSSR count). The molecule has 17 heavy (non-hydrogen) atoms. The largest absolute Gasteiger partial charge is 0.316 e. The van der Waals surface area contributed by atoms with Crippen LogP contribution in [0.3, 0.4) is 0 Å². The molecule has 0 radical (unpaired) electrons. The van der Waals surface area contributed by atoms with Crippen LogP contribution in [0.2, 0.25) is 5.02 Å². The molecule has 2 unspecified atom stereocenters. The van der Waals surface area contributed by atoms with Gasteiger partial charge in [-0.3, -0.25) is 4.21 Å². The third kappa shape index (κ3) is 4.41. The van der Waals surface area contributed by atoms with E-state index in [1.165, 1.54) is 0 Å². The molecule has 0 aliphatic heterocycles. The van der Waals surface area contributed by atoms with Gasteiger partial charge in [-0.2, -0.15) is 0 Å². The normalized spacial score (nSPS) is 15.6. The van der Waals surface area contributed by atoms with E-state index in [0.29, 0.717) is 10.8 Å². The Hall–Kier alpha value is -0.380. The second kappa shape index (κ2) is 5.98. The van der Waals surface area contributed by atoms with Crippen LogP contribution in [-0.2, 0) is 10.8 Å². The van der Waals surface area contributed by atoms with Crippen LogP contribution in [0.5, 0.6) is 0 Å². The highest BCUT2D eigenvalue weighted by molar-refractivity contribution is 7.85. The summed E-state index contributed by atoms with van der Waals surface area (Å²) in [4.78, 5) is 0.794. The van der Waals surface area contributed by atoms with Gasteiger partial charge >= 0.3 is 0 Å². The third-order valence-corrected chi connectivity index (χ3v) is 4.42. The first kappa shape index (κ1) is 14.7. The molecule has 0 bridgehead atoms. The number of nitrogens with one attached hydrogen (secondary N) is 1. The highest BCUT2D eigenvalue weighted by atomic mass is 35.5. The van der Waals surface area contributed by atoms with Crippen molar-refractivity contribution in [3.8, 4) is 0 Å². The van der Waals surface area contributed by atoms with E-state index in [1.54, 1.807) is 12.1 Å². The lowest BCUT2D eigenvalue weighted by molar-refractivity contribution is 0.304. The van der Waals surface area contributed by atoms with Gasteiger partial charge in [-0.05, 0) is 30.7 Å². The van der Waals surface area contributed by atoms with Crippen molar-refractivity contribution in [2.45, 2.75) is 31.7 Å². The summed E-state index contributed by atoms with van der Waals surface area (Å²) in [5.74, 6) is 0.598. The van der Waals surface area contributed by atoms with E-state index in [1.807, 2.05) is 19.2 Å². The van der Waals surface area contributed by atoms with Crippen molar-refractivity contribution in [3.63, 3.8) is 0 Å². The highest BCUT2D eigenvalue weighted by Crippen LogP contribution is 2.22. The lowest BCUT2D eigenvalue weighted by atomic mass is 9.88. The van der Waals surface area contributed by atoms with Crippen LogP contribution >= 0.6 is 11.6 Å². The summed E-state index contributed by atoms with van der Waals surface area (Å²) in [6, 6.07) is 7.47. The van der Waals surface area contributed by atoms with Gasteiger partial charge in [-0.15, -0.1) is 0 Å².